The largest absolute Gasteiger partial charge is 0.366 e. The lowest BCUT2D eigenvalue weighted by molar-refractivity contribution is 0.269. The number of anilines is 3. The predicted molar refractivity (Wildman–Crippen MR) is 105 cm³/mol. The highest BCUT2D eigenvalue weighted by molar-refractivity contribution is 5.50. The summed E-state index contributed by atoms with van der Waals surface area (Å²) in [6.07, 6.45) is 1.73. The molecule has 0 atom stereocenters. The standard InChI is InChI=1S/C19H26FN7/c1-2-24-7-9-27(10-8-24)19-22-18(15-21-23-19)26-13-11-25(12-14-26)17-6-4-3-5-16(17)20/h3-6,15H,2,7-14H2,1H3. The highest BCUT2D eigenvalue weighted by Crippen LogP contribution is 2.22. The van der Waals surface area contributed by atoms with E-state index in [1.165, 1.54) is 6.07 Å². The molecule has 0 aliphatic carbocycles. The Kier molecular flexibility index (Phi) is 5.33. The molecule has 0 radical (unpaired) electrons. The van der Waals surface area contributed by atoms with Gasteiger partial charge in [0.2, 0.25) is 5.95 Å². The molecule has 2 aromatic rings. The summed E-state index contributed by atoms with van der Waals surface area (Å²) in [5, 5.41) is 8.42. The van der Waals surface area contributed by atoms with Gasteiger partial charge in [0.05, 0.1) is 11.9 Å². The van der Waals surface area contributed by atoms with E-state index in [1.807, 2.05) is 12.1 Å². The van der Waals surface area contributed by atoms with Gasteiger partial charge in [-0.05, 0) is 18.7 Å². The topological polar surface area (TPSA) is 51.6 Å². The number of aromatic nitrogens is 3. The van der Waals surface area contributed by atoms with E-state index in [9.17, 15) is 4.39 Å². The lowest BCUT2D eigenvalue weighted by Gasteiger charge is -2.37. The van der Waals surface area contributed by atoms with Crippen LogP contribution in [-0.4, -0.2) is 79.0 Å². The molecular weight excluding hydrogens is 345 g/mol. The number of piperazine rings is 2. The summed E-state index contributed by atoms with van der Waals surface area (Å²) in [6.45, 7) is 10.3. The number of rotatable bonds is 4. The maximum Gasteiger partial charge on any atom is 0.247 e. The first-order valence-electron chi connectivity index (χ1n) is 9.66. The van der Waals surface area contributed by atoms with E-state index in [4.69, 9.17) is 4.98 Å². The zero-order chi connectivity index (χ0) is 18.6. The van der Waals surface area contributed by atoms with Gasteiger partial charge >= 0.3 is 0 Å². The summed E-state index contributed by atoms with van der Waals surface area (Å²) < 4.78 is 14.0. The van der Waals surface area contributed by atoms with E-state index >= 15 is 0 Å². The van der Waals surface area contributed by atoms with Gasteiger partial charge in [0.1, 0.15) is 5.82 Å². The highest BCUT2D eigenvalue weighted by atomic mass is 19.1. The molecule has 3 heterocycles. The SMILES string of the molecule is CCN1CCN(c2nncc(N3CCN(c4ccccc4F)CC3)n2)CC1. The lowest BCUT2D eigenvalue weighted by atomic mass is 10.2. The Bertz CT molecular complexity index is 755. The summed E-state index contributed by atoms with van der Waals surface area (Å²) >= 11 is 0. The van der Waals surface area contributed by atoms with Gasteiger partial charge in [-0.1, -0.05) is 19.1 Å². The van der Waals surface area contributed by atoms with Crippen molar-refractivity contribution in [2.45, 2.75) is 6.92 Å². The fourth-order valence-electron chi connectivity index (χ4n) is 3.72. The van der Waals surface area contributed by atoms with Crippen LogP contribution in [0.5, 0.6) is 0 Å². The Labute approximate surface area is 159 Å². The molecule has 2 aliphatic heterocycles. The summed E-state index contributed by atoms with van der Waals surface area (Å²) in [7, 11) is 0. The van der Waals surface area contributed by atoms with E-state index < -0.39 is 0 Å². The number of hydrogen-bond donors (Lipinski definition) is 0. The minimum atomic E-state index is -0.164. The average Bonchev–Trinajstić information content (AvgIpc) is 2.74. The highest BCUT2D eigenvalue weighted by Gasteiger charge is 2.23. The average molecular weight is 371 g/mol. The van der Waals surface area contributed by atoms with Crippen LogP contribution >= 0.6 is 0 Å². The second-order valence-electron chi connectivity index (χ2n) is 6.96. The molecule has 8 heteroatoms. The Morgan fingerprint density at radius 2 is 1.56 bits per heavy atom. The van der Waals surface area contributed by atoms with Crippen LogP contribution in [-0.2, 0) is 0 Å². The first kappa shape index (κ1) is 17.9. The summed E-state index contributed by atoms with van der Waals surface area (Å²) in [6, 6.07) is 6.96. The second kappa shape index (κ2) is 8.04. The van der Waals surface area contributed by atoms with Crippen LogP contribution in [0.4, 0.5) is 21.8 Å². The molecule has 1 aromatic carbocycles. The molecule has 27 heavy (non-hydrogen) atoms. The molecule has 0 spiro atoms. The first-order valence-corrected chi connectivity index (χ1v) is 9.66. The zero-order valence-corrected chi connectivity index (χ0v) is 15.8. The second-order valence-corrected chi connectivity index (χ2v) is 6.96. The molecule has 1 aromatic heterocycles. The van der Waals surface area contributed by atoms with E-state index in [2.05, 4.69) is 36.7 Å². The van der Waals surface area contributed by atoms with Crippen molar-refractivity contribution in [1.29, 1.82) is 0 Å². The quantitative estimate of drug-likeness (QED) is 0.807. The van der Waals surface area contributed by atoms with Crippen LogP contribution in [0.1, 0.15) is 6.92 Å². The fourth-order valence-corrected chi connectivity index (χ4v) is 3.72. The summed E-state index contributed by atoms with van der Waals surface area (Å²) in [4.78, 5) is 13.7. The Balaban J connectivity index is 1.40. The normalized spacial score (nSPS) is 18.8. The first-order chi connectivity index (χ1) is 13.2. The van der Waals surface area contributed by atoms with Crippen LogP contribution < -0.4 is 14.7 Å². The molecule has 0 N–H and O–H groups in total. The number of halogens is 1. The van der Waals surface area contributed by atoms with Gasteiger partial charge in [0.25, 0.3) is 0 Å². The third-order valence-electron chi connectivity index (χ3n) is 5.43. The molecule has 0 bridgehead atoms. The molecule has 4 rings (SSSR count). The molecule has 2 saturated heterocycles. The lowest BCUT2D eigenvalue weighted by Crippen LogP contribution is -2.48. The van der Waals surface area contributed by atoms with Crippen molar-refractivity contribution in [3.8, 4) is 0 Å². The van der Waals surface area contributed by atoms with Crippen molar-refractivity contribution in [2.24, 2.45) is 0 Å². The maximum absolute atomic E-state index is 14.0. The van der Waals surface area contributed by atoms with Crippen LogP contribution in [0, 0.1) is 5.82 Å². The molecule has 2 aliphatic rings. The van der Waals surface area contributed by atoms with Gasteiger partial charge < -0.3 is 19.6 Å². The smallest absolute Gasteiger partial charge is 0.247 e. The van der Waals surface area contributed by atoms with Crippen molar-refractivity contribution in [3.63, 3.8) is 0 Å². The molecule has 2 fully saturated rings. The molecular formula is C19H26FN7. The van der Waals surface area contributed by atoms with Gasteiger partial charge in [-0.2, -0.15) is 10.1 Å². The summed E-state index contributed by atoms with van der Waals surface area (Å²) in [5.41, 5.74) is 0.674. The zero-order valence-electron chi connectivity index (χ0n) is 15.8. The number of likely N-dealkylation sites (N-methyl/N-ethyl adjacent to an activating group) is 1. The van der Waals surface area contributed by atoms with Gasteiger partial charge in [-0.25, -0.2) is 4.39 Å². The van der Waals surface area contributed by atoms with Crippen molar-refractivity contribution in [3.05, 3.63) is 36.3 Å². The van der Waals surface area contributed by atoms with Crippen molar-refractivity contribution >= 4 is 17.5 Å². The number of hydrogen-bond acceptors (Lipinski definition) is 7. The van der Waals surface area contributed by atoms with Gasteiger partial charge in [-0.15, -0.1) is 5.10 Å². The van der Waals surface area contributed by atoms with Crippen LogP contribution in [0.15, 0.2) is 30.5 Å². The van der Waals surface area contributed by atoms with E-state index in [1.54, 1.807) is 12.3 Å². The molecule has 0 amide bonds. The Hall–Kier alpha value is -2.48. The minimum absolute atomic E-state index is 0.164. The maximum atomic E-state index is 14.0. The number of nitrogens with zero attached hydrogens (tertiary/aromatic N) is 7. The third kappa shape index (κ3) is 3.95. The minimum Gasteiger partial charge on any atom is -0.366 e. The van der Waals surface area contributed by atoms with E-state index in [-0.39, 0.29) is 5.82 Å². The monoisotopic (exact) mass is 371 g/mol. The van der Waals surface area contributed by atoms with Gasteiger partial charge in [-0.3, -0.25) is 0 Å². The van der Waals surface area contributed by atoms with Gasteiger partial charge in [0, 0.05) is 52.4 Å². The fraction of sp³-hybridized carbons (Fsp3) is 0.526. The van der Waals surface area contributed by atoms with E-state index in [0.29, 0.717) is 11.6 Å². The van der Waals surface area contributed by atoms with Crippen LogP contribution in [0.3, 0.4) is 0 Å². The molecule has 7 nitrogen and oxygen atoms in total. The Morgan fingerprint density at radius 1 is 0.889 bits per heavy atom. The number of benzene rings is 1. The van der Waals surface area contributed by atoms with Crippen molar-refractivity contribution in [2.75, 3.05) is 73.6 Å². The van der Waals surface area contributed by atoms with Crippen LogP contribution in [0.25, 0.3) is 0 Å². The molecule has 144 valence electrons. The predicted octanol–water partition coefficient (Wildman–Crippen LogP) is 1.48. The third-order valence-corrected chi connectivity index (χ3v) is 5.43. The number of para-hydroxylation sites is 1. The van der Waals surface area contributed by atoms with Crippen LogP contribution in [0.2, 0.25) is 0 Å². The Morgan fingerprint density at radius 3 is 2.26 bits per heavy atom. The molecule has 0 saturated carbocycles. The van der Waals surface area contributed by atoms with Gasteiger partial charge in [0.15, 0.2) is 5.82 Å². The molecule has 0 unspecified atom stereocenters. The summed E-state index contributed by atoms with van der Waals surface area (Å²) in [5.74, 6) is 1.40. The van der Waals surface area contributed by atoms with Crippen molar-refractivity contribution < 1.29 is 4.39 Å². The van der Waals surface area contributed by atoms with E-state index in [0.717, 1.165) is 64.7 Å². The van der Waals surface area contributed by atoms with Crippen molar-refractivity contribution in [1.82, 2.24) is 20.1 Å².